The lowest BCUT2D eigenvalue weighted by Crippen LogP contribution is -2.09. The van der Waals surface area contributed by atoms with Crippen LogP contribution in [0.1, 0.15) is 6.42 Å². The lowest BCUT2D eigenvalue weighted by molar-refractivity contribution is -0.0689. The van der Waals surface area contributed by atoms with Crippen molar-refractivity contribution in [2.24, 2.45) is 5.92 Å². The summed E-state index contributed by atoms with van der Waals surface area (Å²) in [6, 6.07) is 0. The minimum atomic E-state index is 0.0648. The van der Waals surface area contributed by atoms with E-state index in [0.717, 1.165) is 13.0 Å². The molecule has 0 aromatic rings. The lowest BCUT2D eigenvalue weighted by Gasteiger charge is -2.05. The Kier molecular flexibility index (Phi) is 0.815. The van der Waals surface area contributed by atoms with Gasteiger partial charge in [0.1, 0.15) is 0 Å². The smallest absolute Gasteiger partial charge is 0.205 e. The molecule has 2 aliphatic heterocycles. The van der Waals surface area contributed by atoms with Crippen LogP contribution in [0.25, 0.3) is 0 Å². The second-order valence-corrected chi connectivity index (χ2v) is 2.16. The second kappa shape index (κ2) is 1.49. The molecular formula is C6H8O2. The van der Waals surface area contributed by atoms with Gasteiger partial charge in [0.15, 0.2) is 0 Å². The molecule has 0 bridgehead atoms. The van der Waals surface area contributed by atoms with Gasteiger partial charge in [0.05, 0.1) is 12.9 Å². The minimum Gasteiger partial charge on any atom is -0.472 e. The molecule has 2 heteroatoms. The predicted molar refractivity (Wildman–Crippen MR) is 28.1 cm³/mol. The van der Waals surface area contributed by atoms with Crippen molar-refractivity contribution in [1.29, 1.82) is 0 Å². The first-order valence-electron chi connectivity index (χ1n) is 2.90. The topological polar surface area (TPSA) is 18.5 Å². The molecule has 0 radical (unpaired) electrons. The summed E-state index contributed by atoms with van der Waals surface area (Å²) < 4.78 is 10.3. The number of ether oxygens (including phenoxy) is 2. The van der Waals surface area contributed by atoms with Crippen molar-refractivity contribution in [1.82, 2.24) is 0 Å². The maximum absolute atomic E-state index is 5.19. The van der Waals surface area contributed by atoms with E-state index in [1.54, 1.807) is 6.26 Å². The highest BCUT2D eigenvalue weighted by Crippen LogP contribution is 2.27. The average Bonchev–Trinajstić information content (AvgIpc) is 2.15. The summed E-state index contributed by atoms with van der Waals surface area (Å²) in [6.45, 7) is 0.861. The Hall–Kier alpha value is -0.500. The molecule has 1 unspecified atom stereocenters. The van der Waals surface area contributed by atoms with Gasteiger partial charge in [-0.15, -0.1) is 0 Å². The summed E-state index contributed by atoms with van der Waals surface area (Å²) in [5, 5.41) is 0. The summed E-state index contributed by atoms with van der Waals surface area (Å²) in [5.41, 5.74) is 0. The Morgan fingerprint density at radius 2 is 2.50 bits per heavy atom. The van der Waals surface area contributed by atoms with E-state index in [1.165, 1.54) is 0 Å². The Bertz CT molecular complexity index is 120. The first-order chi connectivity index (χ1) is 3.97. The Balaban J connectivity index is 2.13. The maximum atomic E-state index is 5.19. The molecule has 2 aliphatic rings. The van der Waals surface area contributed by atoms with Crippen LogP contribution in [0.3, 0.4) is 0 Å². The van der Waals surface area contributed by atoms with Gasteiger partial charge in [0.25, 0.3) is 0 Å². The molecule has 2 atom stereocenters. The maximum Gasteiger partial charge on any atom is 0.205 e. The third kappa shape index (κ3) is 0.464. The molecule has 2 nitrogen and oxygen atoms in total. The molecule has 0 saturated carbocycles. The molecule has 0 N–H and O–H groups in total. The van der Waals surface area contributed by atoms with Crippen LogP contribution in [0.5, 0.6) is 0 Å². The molecule has 44 valence electrons. The Morgan fingerprint density at radius 3 is 3.38 bits per heavy atom. The van der Waals surface area contributed by atoms with E-state index in [9.17, 15) is 0 Å². The van der Waals surface area contributed by atoms with Crippen molar-refractivity contribution in [2.75, 3.05) is 6.61 Å². The van der Waals surface area contributed by atoms with Gasteiger partial charge in [0.2, 0.25) is 6.29 Å². The monoisotopic (exact) mass is 112 g/mol. The zero-order chi connectivity index (χ0) is 5.40. The van der Waals surface area contributed by atoms with Gasteiger partial charge < -0.3 is 9.47 Å². The van der Waals surface area contributed by atoms with Crippen LogP contribution in [0.15, 0.2) is 12.3 Å². The first-order valence-corrected chi connectivity index (χ1v) is 2.90. The van der Waals surface area contributed by atoms with Crippen LogP contribution < -0.4 is 0 Å². The fourth-order valence-electron chi connectivity index (χ4n) is 1.13. The van der Waals surface area contributed by atoms with E-state index in [0.29, 0.717) is 5.92 Å². The molecule has 0 aromatic carbocycles. The number of hydrogen-bond donors (Lipinski definition) is 0. The molecule has 0 amide bonds. The lowest BCUT2D eigenvalue weighted by atomic mass is 10.1. The molecule has 0 aliphatic carbocycles. The van der Waals surface area contributed by atoms with Gasteiger partial charge >= 0.3 is 0 Å². The van der Waals surface area contributed by atoms with E-state index in [-0.39, 0.29) is 6.29 Å². The van der Waals surface area contributed by atoms with Crippen LogP contribution in [0, 0.1) is 5.92 Å². The summed E-state index contributed by atoms with van der Waals surface area (Å²) in [6.07, 6.45) is 4.99. The van der Waals surface area contributed by atoms with Crippen molar-refractivity contribution in [3.8, 4) is 0 Å². The zero-order valence-corrected chi connectivity index (χ0v) is 4.54. The van der Waals surface area contributed by atoms with Gasteiger partial charge in [-0.3, -0.25) is 0 Å². The fraction of sp³-hybridized carbons (Fsp3) is 0.667. The molecule has 2 heterocycles. The molecule has 0 aromatic heterocycles. The van der Waals surface area contributed by atoms with E-state index < -0.39 is 0 Å². The van der Waals surface area contributed by atoms with E-state index in [2.05, 4.69) is 6.08 Å². The quantitative estimate of drug-likeness (QED) is 0.463. The van der Waals surface area contributed by atoms with E-state index in [1.807, 2.05) is 0 Å². The van der Waals surface area contributed by atoms with Crippen LogP contribution in [-0.2, 0) is 9.47 Å². The van der Waals surface area contributed by atoms with E-state index >= 15 is 0 Å². The average molecular weight is 112 g/mol. The van der Waals surface area contributed by atoms with Gasteiger partial charge in [-0.05, 0) is 12.5 Å². The summed E-state index contributed by atoms with van der Waals surface area (Å²) in [5.74, 6) is 0.551. The normalized spacial score (nSPS) is 42.0. The molecule has 1 fully saturated rings. The summed E-state index contributed by atoms with van der Waals surface area (Å²) in [4.78, 5) is 0. The predicted octanol–water partition coefficient (Wildman–Crippen LogP) is 0.893. The van der Waals surface area contributed by atoms with Gasteiger partial charge in [-0.25, -0.2) is 0 Å². The van der Waals surface area contributed by atoms with Crippen molar-refractivity contribution in [3.05, 3.63) is 12.3 Å². The highest BCUT2D eigenvalue weighted by molar-refractivity contribution is 4.94. The first kappa shape index (κ1) is 4.39. The van der Waals surface area contributed by atoms with Crippen LogP contribution in [0.2, 0.25) is 0 Å². The Morgan fingerprint density at radius 1 is 1.50 bits per heavy atom. The molecule has 1 saturated heterocycles. The highest BCUT2D eigenvalue weighted by atomic mass is 16.7. The Labute approximate surface area is 48.1 Å². The van der Waals surface area contributed by atoms with Crippen LogP contribution in [-0.4, -0.2) is 12.9 Å². The number of hydrogen-bond acceptors (Lipinski definition) is 2. The van der Waals surface area contributed by atoms with Gasteiger partial charge in [-0.1, -0.05) is 0 Å². The van der Waals surface area contributed by atoms with Crippen LogP contribution >= 0.6 is 0 Å². The number of fused-ring (bicyclic) bond motifs is 1. The molecular weight excluding hydrogens is 104 g/mol. The second-order valence-electron chi connectivity index (χ2n) is 2.16. The molecule has 0 spiro atoms. The highest BCUT2D eigenvalue weighted by Gasteiger charge is 2.30. The van der Waals surface area contributed by atoms with Crippen molar-refractivity contribution in [3.63, 3.8) is 0 Å². The third-order valence-electron chi connectivity index (χ3n) is 1.62. The largest absolute Gasteiger partial charge is 0.472 e. The molecule has 2 rings (SSSR count). The third-order valence-corrected chi connectivity index (χ3v) is 1.62. The number of rotatable bonds is 0. The SMILES string of the molecule is C1=CC2CCO[C@@H]2O1. The standard InChI is InChI=1S/C6H8O2/c1-3-7-6-5(1)2-4-8-6/h1,3,5-6H,2,4H2/t5?,6-/m0/s1. The van der Waals surface area contributed by atoms with Crippen molar-refractivity contribution >= 4 is 0 Å². The van der Waals surface area contributed by atoms with Gasteiger partial charge in [0, 0.05) is 5.92 Å². The zero-order valence-electron chi connectivity index (χ0n) is 4.54. The van der Waals surface area contributed by atoms with Crippen molar-refractivity contribution < 1.29 is 9.47 Å². The van der Waals surface area contributed by atoms with E-state index in [4.69, 9.17) is 9.47 Å². The fourth-order valence-corrected chi connectivity index (χ4v) is 1.13. The van der Waals surface area contributed by atoms with Crippen molar-refractivity contribution in [2.45, 2.75) is 12.7 Å². The minimum absolute atomic E-state index is 0.0648. The van der Waals surface area contributed by atoms with Crippen LogP contribution in [0.4, 0.5) is 0 Å². The summed E-state index contributed by atoms with van der Waals surface area (Å²) >= 11 is 0. The summed E-state index contributed by atoms with van der Waals surface area (Å²) in [7, 11) is 0. The van der Waals surface area contributed by atoms with Gasteiger partial charge in [-0.2, -0.15) is 0 Å². The molecule has 8 heavy (non-hydrogen) atoms.